The molecule has 0 saturated carbocycles. The number of hydrogen-bond acceptors (Lipinski definition) is 3. The molecule has 168 valence electrons. The lowest BCUT2D eigenvalue weighted by Gasteiger charge is -2.28. The van der Waals surface area contributed by atoms with Gasteiger partial charge in [-0.1, -0.05) is 24.3 Å². The number of rotatable bonds is 3. The monoisotopic (exact) mass is 462 g/mol. The number of hydrogen-bond donors (Lipinski definition) is 0. The van der Waals surface area contributed by atoms with Crippen LogP contribution in [-0.4, -0.2) is 34.0 Å². The minimum atomic E-state index is -1.58. The number of anilines is 1. The second-order valence-corrected chi connectivity index (χ2v) is 9.74. The van der Waals surface area contributed by atoms with Crippen LogP contribution in [0.3, 0.4) is 0 Å². The molecule has 2 aliphatic rings. The van der Waals surface area contributed by atoms with Gasteiger partial charge >= 0.3 is 0 Å². The molecule has 0 bridgehead atoms. The fourth-order valence-corrected chi connectivity index (χ4v) is 5.75. The lowest BCUT2D eigenvalue weighted by molar-refractivity contribution is 0.0724. The van der Waals surface area contributed by atoms with Crippen molar-refractivity contribution in [3.63, 3.8) is 0 Å². The molecule has 1 atom stereocenters. The Morgan fingerprint density at radius 1 is 0.909 bits per heavy atom. The van der Waals surface area contributed by atoms with Gasteiger partial charge in [-0.3, -0.25) is 9.59 Å². The van der Waals surface area contributed by atoms with Crippen LogP contribution in [-0.2, 0) is 17.3 Å². The quantitative estimate of drug-likeness (QED) is 0.563. The predicted molar refractivity (Wildman–Crippen MR) is 124 cm³/mol. The highest BCUT2D eigenvalue weighted by atomic mass is 32.2. The van der Waals surface area contributed by atoms with E-state index in [0.29, 0.717) is 39.7 Å². The van der Waals surface area contributed by atoms with Crippen LogP contribution in [0.5, 0.6) is 0 Å². The Bertz CT molecular complexity index is 1250. The highest BCUT2D eigenvalue weighted by Gasteiger charge is 2.32. The zero-order valence-electron chi connectivity index (χ0n) is 18.0. The van der Waals surface area contributed by atoms with E-state index in [1.165, 1.54) is 12.1 Å². The van der Waals surface area contributed by atoms with Gasteiger partial charge in [-0.25, -0.2) is 8.60 Å². The summed E-state index contributed by atoms with van der Waals surface area (Å²) in [6, 6.07) is 17.9. The normalized spacial score (nSPS) is 17.8. The number of halogens is 1. The molecule has 0 radical (unpaired) electrons. The molecule has 0 N–H and O–H groups in total. The number of amides is 2. The third kappa shape index (κ3) is 4.09. The molecule has 3 aromatic carbocycles. The topological polar surface area (TPSA) is 57.7 Å². The van der Waals surface area contributed by atoms with Crippen molar-refractivity contribution in [2.75, 3.05) is 18.0 Å². The van der Waals surface area contributed by atoms with Crippen molar-refractivity contribution >= 4 is 28.3 Å². The van der Waals surface area contributed by atoms with Crippen LogP contribution in [0.2, 0.25) is 0 Å². The van der Waals surface area contributed by atoms with Gasteiger partial charge in [-0.2, -0.15) is 0 Å². The van der Waals surface area contributed by atoms with Gasteiger partial charge in [-0.15, -0.1) is 0 Å². The first-order valence-electron chi connectivity index (χ1n) is 11.0. The highest BCUT2D eigenvalue weighted by Crippen LogP contribution is 2.36. The number of likely N-dealkylation sites (tertiary alicyclic amines) is 1. The van der Waals surface area contributed by atoms with Crippen LogP contribution < -0.4 is 4.90 Å². The van der Waals surface area contributed by atoms with Gasteiger partial charge in [0, 0.05) is 18.7 Å². The van der Waals surface area contributed by atoms with Gasteiger partial charge in [0.05, 0.1) is 38.4 Å². The van der Waals surface area contributed by atoms with E-state index in [2.05, 4.69) is 0 Å². The third-order valence-electron chi connectivity index (χ3n) is 6.16. The molecule has 2 amide bonds. The first kappa shape index (κ1) is 21.5. The molecule has 3 aromatic rings. The standard InChI is InChI=1S/C26H23FN2O3S/c27-20-11-8-18(9-12-20)17-29-22-16-19(25(30)28-14-4-1-5-15-28)10-13-24(22)33(32)23-7-3-2-6-21(23)26(29)31/h2-3,6-13,16H,1,4-5,14-15,17H2/t33-/m0/s1. The summed E-state index contributed by atoms with van der Waals surface area (Å²) >= 11 is 0. The zero-order valence-corrected chi connectivity index (χ0v) is 18.8. The summed E-state index contributed by atoms with van der Waals surface area (Å²) in [5.74, 6) is -0.744. The minimum Gasteiger partial charge on any atom is -0.339 e. The molecule has 2 heterocycles. The molecule has 0 unspecified atom stereocenters. The molecule has 0 spiro atoms. The second-order valence-electron chi connectivity index (χ2n) is 8.32. The van der Waals surface area contributed by atoms with Crippen molar-refractivity contribution in [2.45, 2.75) is 35.6 Å². The summed E-state index contributed by atoms with van der Waals surface area (Å²) in [4.78, 5) is 31.1. The molecule has 33 heavy (non-hydrogen) atoms. The Morgan fingerprint density at radius 3 is 2.39 bits per heavy atom. The molecule has 2 aliphatic heterocycles. The fourth-order valence-electron chi connectivity index (χ4n) is 4.41. The van der Waals surface area contributed by atoms with E-state index in [-0.39, 0.29) is 24.2 Å². The maximum absolute atomic E-state index is 13.6. The summed E-state index contributed by atoms with van der Waals surface area (Å²) in [6.45, 7) is 1.59. The van der Waals surface area contributed by atoms with Crippen molar-refractivity contribution in [1.82, 2.24) is 4.90 Å². The molecule has 1 fully saturated rings. The largest absolute Gasteiger partial charge is 0.339 e. The SMILES string of the molecule is O=C(c1ccc2c(c1)N(Cc1ccc(F)cc1)C(=O)c1ccccc1[S@@]2=O)N1CCCCC1. The lowest BCUT2D eigenvalue weighted by atomic mass is 10.1. The Morgan fingerprint density at radius 2 is 1.64 bits per heavy atom. The number of nitrogens with zero attached hydrogens (tertiary/aromatic N) is 2. The van der Waals surface area contributed by atoms with E-state index in [1.54, 1.807) is 59.5 Å². The second kappa shape index (κ2) is 8.90. The van der Waals surface area contributed by atoms with Crippen LogP contribution in [0.1, 0.15) is 45.5 Å². The Balaban J connectivity index is 1.61. The van der Waals surface area contributed by atoms with Crippen molar-refractivity contribution in [2.24, 2.45) is 0 Å². The average molecular weight is 463 g/mol. The highest BCUT2D eigenvalue weighted by molar-refractivity contribution is 7.85. The summed E-state index contributed by atoms with van der Waals surface area (Å²) in [5, 5.41) is 0. The van der Waals surface area contributed by atoms with Crippen LogP contribution in [0.4, 0.5) is 10.1 Å². The van der Waals surface area contributed by atoms with Gasteiger partial charge < -0.3 is 9.80 Å². The van der Waals surface area contributed by atoms with E-state index in [4.69, 9.17) is 0 Å². The Labute approximate surface area is 194 Å². The van der Waals surface area contributed by atoms with Crippen LogP contribution >= 0.6 is 0 Å². The minimum absolute atomic E-state index is 0.0841. The first-order chi connectivity index (χ1) is 16.0. The number of benzene rings is 3. The van der Waals surface area contributed by atoms with Gasteiger partial charge in [0.15, 0.2) is 0 Å². The fraction of sp³-hybridized carbons (Fsp3) is 0.231. The van der Waals surface area contributed by atoms with E-state index in [0.717, 1.165) is 24.8 Å². The van der Waals surface area contributed by atoms with Crippen molar-refractivity contribution < 1.29 is 18.2 Å². The van der Waals surface area contributed by atoms with Gasteiger partial charge in [-0.05, 0) is 67.3 Å². The third-order valence-corrected chi connectivity index (χ3v) is 7.66. The summed E-state index contributed by atoms with van der Waals surface area (Å²) in [5.41, 5.74) is 2.00. The molecule has 7 heteroatoms. The van der Waals surface area contributed by atoms with Crippen molar-refractivity contribution in [3.05, 3.63) is 89.2 Å². The van der Waals surface area contributed by atoms with E-state index < -0.39 is 10.8 Å². The van der Waals surface area contributed by atoms with Gasteiger partial charge in [0.25, 0.3) is 11.8 Å². The summed E-state index contributed by atoms with van der Waals surface area (Å²) < 4.78 is 26.9. The van der Waals surface area contributed by atoms with Crippen LogP contribution in [0.25, 0.3) is 0 Å². The summed E-state index contributed by atoms with van der Waals surface area (Å²) in [6.07, 6.45) is 3.07. The number of fused-ring (bicyclic) bond motifs is 2. The van der Waals surface area contributed by atoms with E-state index in [1.807, 2.05) is 4.90 Å². The van der Waals surface area contributed by atoms with Gasteiger partial charge in [0.2, 0.25) is 0 Å². The molecule has 5 rings (SSSR count). The number of piperidine rings is 1. The lowest BCUT2D eigenvalue weighted by Crippen LogP contribution is -2.36. The maximum atomic E-state index is 13.6. The zero-order chi connectivity index (χ0) is 22.9. The first-order valence-corrected chi connectivity index (χ1v) is 12.2. The van der Waals surface area contributed by atoms with E-state index in [9.17, 15) is 18.2 Å². The summed E-state index contributed by atoms with van der Waals surface area (Å²) in [7, 11) is -1.58. The maximum Gasteiger partial charge on any atom is 0.259 e. The molecular formula is C26H23FN2O3S. The molecule has 1 saturated heterocycles. The Hall–Kier alpha value is -3.32. The average Bonchev–Trinajstić information content (AvgIpc) is 2.95. The molecule has 0 aliphatic carbocycles. The smallest absolute Gasteiger partial charge is 0.259 e. The van der Waals surface area contributed by atoms with Crippen molar-refractivity contribution in [1.29, 1.82) is 0 Å². The van der Waals surface area contributed by atoms with Crippen molar-refractivity contribution in [3.8, 4) is 0 Å². The molecular weight excluding hydrogens is 439 g/mol. The van der Waals surface area contributed by atoms with Gasteiger partial charge in [0.1, 0.15) is 5.82 Å². The van der Waals surface area contributed by atoms with E-state index >= 15 is 0 Å². The predicted octanol–water partition coefficient (Wildman–Crippen LogP) is 4.78. The Kier molecular flexibility index (Phi) is 5.81. The van der Waals surface area contributed by atoms with Crippen LogP contribution in [0, 0.1) is 5.82 Å². The number of carbonyl (C=O) groups is 2. The molecule has 0 aromatic heterocycles. The van der Waals surface area contributed by atoms with Crippen LogP contribution in [0.15, 0.2) is 76.5 Å². The molecule has 5 nitrogen and oxygen atoms in total. The number of carbonyl (C=O) groups excluding carboxylic acids is 2.